The van der Waals surface area contributed by atoms with Crippen LogP contribution in [0, 0.1) is 0 Å². The van der Waals surface area contributed by atoms with Crippen LogP contribution in [0.15, 0.2) is 39.5 Å². The Morgan fingerprint density at radius 1 is 1.47 bits per heavy atom. The third-order valence-electron chi connectivity index (χ3n) is 2.10. The number of benzene rings is 1. The van der Waals surface area contributed by atoms with Crippen LogP contribution in [0.25, 0.3) is 0 Å². The van der Waals surface area contributed by atoms with Gasteiger partial charge in [0.1, 0.15) is 12.0 Å². The first-order valence-corrected chi connectivity index (χ1v) is 5.96. The molecule has 0 aliphatic rings. The van der Waals surface area contributed by atoms with Crippen LogP contribution in [0.1, 0.15) is 16.1 Å². The standard InChI is InChI=1S/C11H8BrClN2O2/c12-10-5-7(13)1-2-9(10)11(16)14-6-8-3-4-17-15-8/h1-5H,6H2,(H,14,16). The molecule has 4 nitrogen and oxygen atoms in total. The molecular formula is C11H8BrClN2O2. The van der Waals surface area contributed by atoms with Crippen molar-refractivity contribution in [3.8, 4) is 0 Å². The van der Waals surface area contributed by atoms with Crippen molar-refractivity contribution < 1.29 is 9.32 Å². The number of aromatic nitrogens is 1. The zero-order valence-corrected chi connectivity index (χ0v) is 11.0. The molecule has 0 atom stereocenters. The van der Waals surface area contributed by atoms with E-state index < -0.39 is 0 Å². The molecule has 6 heteroatoms. The minimum atomic E-state index is -0.198. The molecular weight excluding hydrogens is 307 g/mol. The van der Waals surface area contributed by atoms with Crippen molar-refractivity contribution in [2.75, 3.05) is 0 Å². The van der Waals surface area contributed by atoms with Gasteiger partial charge in [-0.3, -0.25) is 4.79 Å². The van der Waals surface area contributed by atoms with Crippen LogP contribution < -0.4 is 5.32 Å². The molecule has 1 amide bonds. The van der Waals surface area contributed by atoms with Crippen LogP contribution in [-0.4, -0.2) is 11.1 Å². The maximum Gasteiger partial charge on any atom is 0.252 e. The van der Waals surface area contributed by atoms with Gasteiger partial charge in [-0.15, -0.1) is 0 Å². The van der Waals surface area contributed by atoms with Crippen LogP contribution in [0.4, 0.5) is 0 Å². The zero-order chi connectivity index (χ0) is 12.3. The summed E-state index contributed by atoms with van der Waals surface area (Å²) >= 11 is 9.08. The SMILES string of the molecule is O=C(NCc1ccon1)c1ccc(Cl)cc1Br. The molecule has 2 aromatic rings. The number of carbonyl (C=O) groups is 1. The van der Waals surface area contributed by atoms with Gasteiger partial charge in [-0.25, -0.2) is 0 Å². The quantitative estimate of drug-likeness (QED) is 0.947. The summed E-state index contributed by atoms with van der Waals surface area (Å²) in [5.41, 5.74) is 1.20. The van der Waals surface area contributed by atoms with Crippen molar-refractivity contribution in [2.45, 2.75) is 6.54 Å². The summed E-state index contributed by atoms with van der Waals surface area (Å²) in [5, 5.41) is 7.00. The monoisotopic (exact) mass is 314 g/mol. The molecule has 1 aromatic carbocycles. The van der Waals surface area contributed by atoms with Gasteiger partial charge in [0, 0.05) is 15.6 Å². The average Bonchev–Trinajstić information content (AvgIpc) is 2.78. The second kappa shape index (κ2) is 5.33. The molecule has 0 aliphatic carbocycles. The van der Waals surface area contributed by atoms with Gasteiger partial charge in [-0.05, 0) is 34.1 Å². The number of nitrogens with zero attached hydrogens (tertiary/aromatic N) is 1. The molecule has 17 heavy (non-hydrogen) atoms. The number of amides is 1. The molecule has 0 spiro atoms. The third-order valence-corrected chi connectivity index (χ3v) is 2.99. The van der Waals surface area contributed by atoms with Crippen LogP contribution in [0.2, 0.25) is 5.02 Å². The lowest BCUT2D eigenvalue weighted by Gasteiger charge is -2.05. The Balaban J connectivity index is 2.04. The van der Waals surface area contributed by atoms with Crippen molar-refractivity contribution in [2.24, 2.45) is 0 Å². The summed E-state index contributed by atoms with van der Waals surface area (Å²) in [7, 11) is 0. The largest absolute Gasteiger partial charge is 0.364 e. The predicted octanol–water partition coefficient (Wildman–Crippen LogP) is 3.02. The Labute approximate surface area is 111 Å². The van der Waals surface area contributed by atoms with E-state index in [0.717, 1.165) is 0 Å². The number of nitrogens with one attached hydrogen (secondary N) is 1. The van der Waals surface area contributed by atoms with E-state index >= 15 is 0 Å². The van der Waals surface area contributed by atoms with Crippen molar-refractivity contribution in [1.29, 1.82) is 0 Å². The van der Waals surface area contributed by atoms with Gasteiger partial charge in [0.25, 0.3) is 5.91 Å². The topological polar surface area (TPSA) is 55.1 Å². The van der Waals surface area contributed by atoms with E-state index in [1.165, 1.54) is 6.26 Å². The van der Waals surface area contributed by atoms with E-state index in [0.29, 0.717) is 27.3 Å². The van der Waals surface area contributed by atoms with Gasteiger partial charge in [0.05, 0.1) is 12.1 Å². The lowest BCUT2D eigenvalue weighted by atomic mass is 10.2. The van der Waals surface area contributed by atoms with Crippen LogP contribution in [0.3, 0.4) is 0 Å². The van der Waals surface area contributed by atoms with E-state index in [1.54, 1.807) is 24.3 Å². The molecule has 1 N–H and O–H groups in total. The summed E-state index contributed by atoms with van der Waals surface area (Å²) in [6, 6.07) is 6.69. The number of hydrogen-bond donors (Lipinski definition) is 1. The summed E-state index contributed by atoms with van der Waals surface area (Å²) in [6.45, 7) is 0.324. The highest BCUT2D eigenvalue weighted by Crippen LogP contribution is 2.21. The minimum Gasteiger partial charge on any atom is -0.364 e. The van der Waals surface area contributed by atoms with Crippen molar-refractivity contribution in [3.05, 3.63) is 51.3 Å². The highest BCUT2D eigenvalue weighted by molar-refractivity contribution is 9.10. The molecule has 0 aliphatic heterocycles. The third kappa shape index (κ3) is 3.08. The van der Waals surface area contributed by atoms with E-state index in [4.69, 9.17) is 11.6 Å². The van der Waals surface area contributed by atoms with E-state index in [-0.39, 0.29) is 5.91 Å². The van der Waals surface area contributed by atoms with Gasteiger partial charge >= 0.3 is 0 Å². The second-order valence-corrected chi connectivity index (χ2v) is 4.59. The van der Waals surface area contributed by atoms with E-state index in [9.17, 15) is 4.79 Å². The Kier molecular flexibility index (Phi) is 3.81. The van der Waals surface area contributed by atoms with Crippen LogP contribution in [0.5, 0.6) is 0 Å². The molecule has 1 aromatic heterocycles. The highest BCUT2D eigenvalue weighted by Gasteiger charge is 2.10. The number of rotatable bonds is 3. The second-order valence-electron chi connectivity index (χ2n) is 3.30. The number of halogens is 2. The lowest BCUT2D eigenvalue weighted by Crippen LogP contribution is -2.23. The maximum atomic E-state index is 11.8. The molecule has 88 valence electrons. The number of hydrogen-bond acceptors (Lipinski definition) is 3. The van der Waals surface area contributed by atoms with Gasteiger partial charge < -0.3 is 9.84 Å². The van der Waals surface area contributed by atoms with E-state index in [1.807, 2.05) is 0 Å². The Bertz CT molecular complexity index is 528. The molecule has 1 heterocycles. The summed E-state index contributed by atoms with van der Waals surface area (Å²) in [5.74, 6) is -0.198. The smallest absolute Gasteiger partial charge is 0.252 e. The molecule has 0 unspecified atom stereocenters. The average molecular weight is 316 g/mol. The molecule has 0 bridgehead atoms. The molecule has 0 fully saturated rings. The molecule has 0 saturated heterocycles. The fraction of sp³-hybridized carbons (Fsp3) is 0.0909. The fourth-order valence-corrected chi connectivity index (χ4v) is 2.13. The summed E-state index contributed by atoms with van der Waals surface area (Å²) in [6.07, 6.45) is 1.46. The lowest BCUT2D eigenvalue weighted by molar-refractivity contribution is 0.0949. The van der Waals surface area contributed by atoms with Crippen LogP contribution >= 0.6 is 27.5 Å². The van der Waals surface area contributed by atoms with Gasteiger partial charge in [-0.1, -0.05) is 16.8 Å². The summed E-state index contributed by atoms with van der Waals surface area (Å²) < 4.78 is 5.32. The molecule has 0 saturated carbocycles. The van der Waals surface area contributed by atoms with Crippen molar-refractivity contribution in [1.82, 2.24) is 10.5 Å². The van der Waals surface area contributed by atoms with Gasteiger partial charge in [0.15, 0.2) is 0 Å². The summed E-state index contributed by atoms with van der Waals surface area (Å²) in [4.78, 5) is 11.8. The Hall–Kier alpha value is -1.33. The Morgan fingerprint density at radius 2 is 2.29 bits per heavy atom. The first-order valence-electron chi connectivity index (χ1n) is 4.79. The Morgan fingerprint density at radius 3 is 2.94 bits per heavy atom. The van der Waals surface area contributed by atoms with Crippen molar-refractivity contribution >= 4 is 33.4 Å². The fourth-order valence-electron chi connectivity index (χ4n) is 1.27. The van der Waals surface area contributed by atoms with Gasteiger partial charge in [-0.2, -0.15) is 0 Å². The maximum absolute atomic E-state index is 11.8. The first-order chi connectivity index (χ1) is 8.16. The van der Waals surface area contributed by atoms with E-state index in [2.05, 4.69) is 30.9 Å². The predicted molar refractivity (Wildman–Crippen MR) is 66.8 cm³/mol. The first kappa shape index (κ1) is 12.1. The molecule has 2 rings (SSSR count). The minimum absolute atomic E-state index is 0.198. The highest BCUT2D eigenvalue weighted by atomic mass is 79.9. The van der Waals surface area contributed by atoms with Gasteiger partial charge in [0.2, 0.25) is 0 Å². The normalized spacial score (nSPS) is 10.2. The number of carbonyl (C=O) groups excluding carboxylic acids is 1. The van der Waals surface area contributed by atoms with Crippen LogP contribution in [-0.2, 0) is 6.54 Å². The zero-order valence-electron chi connectivity index (χ0n) is 8.61. The van der Waals surface area contributed by atoms with Crippen molar-refractivity contribution in [3.63, 3.8) is 0 Å². The molecule has 0 radical (unpaired) electrons.